The molecular weight excluding hydrogens is 277 g/mol. The van der Waals surface area contributed by atoms with Crippen LogP contribution >= 0.6 is 0 Å². The summed E-state index contributed by atoms with van der Waals surface area (Å²) in [5.74, 6) is -2.33. The first-order valence-corrected chi connectivity index (χ1v) is 5.95. The predicted molar refractivity (Wildman–Crippen MR) is 74.1 cm³/mol. The van der Waals surface area contributed by atoms with Gasteiger partial charge in [-0.3, -0.25) is 4.79 Å². The topological polar surface area (TPSA) is 105 Å². The van der Waals surface area contributed by atoms with Crippen molar-refractivity contribution in [2.75, 3.05) is 5.32 Å². The van der Waals surface area contributed by atoms with Gasteiger partial charge in [0.2, 0.25) is 5.91 Å². The maximum absolute atomic E-state index is 13.8. The summed E-state index contributed by atoms with van der Waals surface area (Å²) >= 11 is 0. The number of aryl methyl sites for hydroxylation is 1. The van der Waals surface area contributed by atoms with Gasteiger partial charge < -0.3 is 16.2 Å². The second-order valence-electron chi connectivity index (χ2n) is 4.37. The number of hydrogen-bond acceptors (Lipinski definition) is 4. The number of primary amides is 1. The molecule has 1 amide bonds. The summed E-state index contributed by atoms with van der Waals surface area (Å²) in [6, 6.07) is 6.35. The highest BCUT2D eigenvalue weighted by molar-refractivity contribution is 5.93. The molecule has 0 aliphatic heterocycles. The number of nitrogens with one attached hydrogen (secondary N) is 1. The van der Waals surface area contributed by atoms with E-state index in [1.54, 1.807) is 6.92 Å². The van der Waals surface area contributed by atoms with E-state index in [4.69, 9.17) is 10.8 Å². The quantitative estimate of drug-likeness (QED) is 0.799. The first kappa shape index (κ1) is 14.4. The fourth-order valence-electron chi connectivity index (χ4n) is 1.76. The van der Waals surface area contributed by atoms with E-state index in [2.05, 4.69) is 10.3 Å². The number of aromatic nitrogens is 1. The van der Waals surface area contributed by atoms with Gasteiger partial charge in [0.05, 0.1) is 11.3 Å². The molecule has 1 aromatic carbocycles. The molecule has 0 aliphatic rings. The van der Waals surface area contributed by atoms with Crippen molar-refractivity contribution in [1.29, 1.82) is 0 Å². The highest BCUT2D eigenvalue weighted by atomic mass is 19.1. The first-order chi connectivity index (χ1) is 9.86. The van der Waals surface area contributed by atoms with Crippen molar-refractivity contribution in [2.45, 2.75) is 6.92 Å². The van der Waals surface area contributed by atoms with Gasteiger partial charge in [-0.05, 0) is 37.3 Å². The number of nitrogens with two attached hydrogens (primary N) is 1. The highest BCUT2D eigenvalue weighted by Gasteiger charge is 2.10. The zero-order chi connectivity index (χ0) is 15.6. The van der Waals surface area contributed by atoms with Gasteiger partial charge in [0, 0.05) is 11.3 Å². The van der Waals surface area contributed by atoms with Crippen LogP contribution in [-0.4, -0.2) is 22.0 Å². The molecule has 0 bridgehead atoms. The van der Waals surface area contributed by atoms with Crippen molar-refractivity contribution in [3.63, 3.8) is 0 Å². The molecule has 1 aromatic heterocycles. The third-order valence-corrected chi connectivity index (χ3v) is 2.72. The Morgan fingerprint density at radius 2 is 1.95 bits per heavy atom. The number of carboxylic acid groups (broad SMARTS) is 1. The standard InChI is InChI=1S/C14H12FN3O3/c1-7-4-9(13(16)19)6-12(17-7)18-11-3-2-8(14(20)21)5-10(11)15/h2-6H,1H3,(H2,16,19)(H,17,18)(H,20,21). The van der Waals surface area contributed by atoms with Crippen LogP contribution in [0.5, 0.6) is 0 Å². The largest absolute Gasteiger partial charge is 0.478 e. The Morgan fingerprint density at radius 1 is 1.24 bits per heavy atom. The van der Waals surface area contributed by atoms with Crippen LogP contribution in [0.3, 0.4) is 0 Å². The van der Waals surface area contributed by atoms with E-state index in [0.717, 1.165) is 6.07 Å². The molecule has 6 nitrogen and oxygen atoms in total. The lowest BCUT2D eigenvalue weighted by Gasteiger charge is -2.09. The lowest BCUT2D eigenvalue weighted by molar-refractivity contribution is 0.0696. The van der Waals surface area contributed by atoms with Crippen molar-refractivity contribution < 1.29 is 19.1 Å². The predicted octanol–water partition coefficient (Wildman–Crippen LogP) is 2.07. The van der Waals surface area contributed by atoms with Gasteiger partial charge in [0.1, 0.15) is 11.6 Å². The van der Waals surface area contributed by atoms with Gasteiger partial charge >= 0.3 is 5.97 Å². The molecule has 7 heteroatoms. The number of halogens is 1. The number of carboxylic acids is 1. The number of benzene rings is 1. The van der Waals surface area contributed by atoms with Gasteiger partial charge in [0.25, 0.3) is 0 Å². The summed E-state index contributed by atoms with van der Waals surface area (Å²) in [4.78, 5) is 26.0. The van der Waals surface area contributed by atoms with Crippen LogP contribution in [0.25, 0.3) is 0 Å². The summed E-state index contributed by atoms with van der Waals surface area (Å²) in [5, 5.41) is 11.5. The average molecular weight is 289 g/mol. The minimum atomic E-state index is -1.22. The van der Waals surface area contributed by atoms with E-state index in [0.29, 0.717) is 5.69 Å². The molecule has 2 aromatic rings. The number of carbonyl (C=O) groups is 2. The second-order valence-corrected chi connectivity index (χ2v) is 4.37. The number of rotatable bonds is 4. The fraction of sp³-hybridized carbons (Fsp3) is 0.0714. The lowest BCUT2D eigenvalue weighted by atomic mass is 10.2. The molecule has 0 unspecified atom stereocenters. The number of anilines is 2. The van der Waals surface area contributed by atoms with Gasteiger partial charge in [-0.15, -0.1) is 0 Å². The average Bonchev–Trinajstić information content (AvgIpc) is 2.40. The summed E-state index contributed by atoms with van der Waals surface area (Å²) in [7, 11) is 0. The van der Waals surface area contributed by atoms with Gasteiger partial charge in [-0.1, -0.05) is 0 Å². The van der Waals surface area contributed by atoms with Crippen LogP contribution in [0, 0.1) is 12.7 Å². The van der Waals surface area contributed by atoms with Crippen LogP contribution in [0.4, 0.5) is 15.9 Å². The van der Waals surface area contributed by atoms with E-state index >= 15 is 0 Å². The summed E-state index contributed by atoms with van der Waals surface area (Å²) in [6.45, 7) is 1.67. The van der Waals surface area contributed by atoms with Gasteiger partial charge in [-0.2, -0.15) is 0 Å². The molecule has 0 fully saturated rings. The summed E-state index contributed by atoms with van der Waals surface area (Å²) < 4.78 is 13.8. The Morgan fingerprint density at radius 3 is 2.52 bits per heavy atom. The van der Waals surface area contributed by atoms with E-state index in [1.165, 1.54) is 24.3 Å². The second kappa shape index (κ2) is 5.58. The van der Waals surface area contributed by atoms with Crippen LogP contribution < -0.4 is 11.1 Å². The Hall–Kier alpha value is -2.96. The van der Waals surface area contributed by atoms with Crippen LogP contribution in [-0.2, 0) is 0 Å². The third-order valence-electron chi connectivity index (χ3n) is 2.72. The first-order valence-electron chi connectivity index (χ1n) is 5.95. The monoisotopic (exact) mass is 289 g/mol. The van der Waals surface area contributed by atoms with Crippen molar-refractivity contribution in [3.8, 4) is 0 Å². The Bertz CT molecular complexity index is 731. The molecule has 0 spiro atoms. The van der Waals surface area contributed by atoms with Gasteiger partial charge in [-0.25, -0.2) is 14.2 Å². The molecule has 1 heterocycles. The molecule has 2 rings (SSSR count). The Balaban J connectivity index is 2.34. The molecule has 0 radical (unpaired) electrons. The number of carbonyl (C=O) groups excluding carboxylic acids is 1. The van der Waals surface area contributed by atoms with Crippen molar-refractivity contribution >= 4 is 23.4 Å². The SMILES string of the molecule is Cc1cc(C(N)=O)cc(Nc2ccc(C(=O)O)cc2F)n1. The molecule has 108 valence electrons. The fourth-order valence-corrected chi connectivity index (χ4v) is 1.76. The smallest absolute Gasteiger partial charge is 0.335 e. The molecule has 4 N–H and O–H groups in total. The summed E-state index contributed by atoms with van der Waals surface area (Å²) in [6.07, 6.45) is 0. The van der Waals surface area contributed by atoms with Crippen LogP contribution in [0.2, 0.25) is 0 Å². The molecule has 0 saturated carbocycles. The molecule has 0 saturated heterocycles. The van der Waals surface area contributed by atoms with E-state index < -0.39 is 17.7 Å². The minimum absolute atomic E-state index is 0.0496. The molecule has 0 aliphatic carbocycles. The zero-order valence-corrected chi connectivity index (χ0v) is 11.1. The molecular formula is C14H12FN3O3. The van der Waals surface area contributed by atoms with E-state index in [9.17, 15) is 14.0 Å². The number of nitrogens with zero attached hydrogens (tertiary/aromatic N) is 1. The van der Waals surface area contributed by atoms with Crippen molar-refractivity contribution in [1.82, 2.24) is 4.98 Å². The minimum Gasteiger partial charge on any atom is -0.478 e. The Labute approximate surface area is 119 Å². The maximum atomic E-state index is 13.8. The molecule has 21 heavy (non-hydrogen) atoms. The van der Waals surface area contributed by atoms with Crippen LogP contribution in [0.15, 0.2) is 30.3 Å². The van der Waals surface area contributed by atoms with Gasteiger partial charge in [0.15, 0.2) is 0 Å². The normalized spacial score (nSPS) is 10.2. The van der Waals surface area contributed by atoms with Crippen LogP contribution in [0.1, 0.15) is 26.4 Å². The number of pyridine rings is 1. The maximum Gasteiger partial charge on any atom is 0.335 e. The summed E-state index contributed by atoms with van der Waals surface area (Å²) in [5.41, 5.74) is 5.87. The highest BCUT2D eigenvalue weighted by Crippen LogP contribution is 2.21. The van der Waals surface area contributed by atoms with Crippen molar-refractivity contribution in [2.24, 2.45) is 5.73 Å². The lowest BCUT2D eigenvalue weighted by Crippen LogP contribution is -2.12. The van der Waals surface area contributed by atoms with Crippen molar-refractivity contribution in [3.05, 3.63) is 53.0 Å². The number of amides is 1. The number of hydrogen-bond donors (Lipinski definition) is 3. The van der Waals surface area contributed by atoms with E-state index in [-0.39, 0.29) is 22.6 Å². The number of aromatic carboxylic acids is 1. The Kier molecular flexibility index (Phi) is 3.84. The third kappa shape index (κ3) is 3.33. The van der Waals surface area contributed by atoms with E-state index in [1.807, 2.05) is 0 Å². The zero-order valence-electron chi connectivity index (χ0n) is 11.1. The molecule has 0 atom stereocenters.